The van der Waals surface area contributed by atoms with Crippen molar-refractivity contribution in [1.82, 2.24) is 10.1 Å². The standard InChI is InChI=1S/C14H18FN3O/c1-3-9(2)13(16)14-17-12(18-19-14)8-10-5-4-6-11(15)7-10/h4-7,9,13H,3,8,16H2,1-2H3/t9-,13-/m0/s1. The van der Waals surface area contributed by atoms with Gasteiger partial charge in [-0.1, -0.05) is 37.6 Å². The van der Waals surface area contributed by atoms with E-state index in [9.17, 15) is 4.39 Å². The van der Waals surface area contributed by atoms with Crippen molar-refractivity contribution >= 4 is 0 Å². The first kappa shape index (κ1) is 13.7. The van der Waals surface area contributed by atoms with E-state index >= 15 is 0 Å². The SMILES string of the molecule is CC[C@H](C)[C@H](N)c1nc(Cc2cccc(F)c2)no1. The zero-order valence-electron chi connectivity index (χ0n) is 11.1. The van der Waals surface area contributed by atoms with E-state index in [4.69, 9.17) is 10.3 Å². The zero-order valence-corrected chi connectivity index (χ0v) is 11.1. The van der Waals surface area contributed by atoms with Gasteiger partial charge < -0.3 is 10.3 Å². The molecule has 0 amide bonds. The first-order valence-corrected chi connectivity index (χ1v) is 6.42. The summed E-state index contributed by atoms with van der Waals surface area (Å²) in [6.45, 7) is 4.11. The summed E-state index contributed by atoms with van der Waals surface area (Å²) in [6, 6.07) is 6.11. The molecule has 4 nitrogen and oxygen atoms in total. The van der Waals surface area contributed by atoms with Crippen LogP contribution >= 0.6 is 0 Å². The number of rotatable bonds is 5. The molecular formula is C14H18FN3O. The quantitative estimate of drug-likeness (QED) is 0.900. The van der Waals surface area contributed by atoms with Crippen LogP contribution in [0.25, 0.3) is 0 Å². The maximum Gasteiger partial charge on any atom is 0.243 e. The predicted molar refractivity (Wildman–Crippen MR) is 69.9 cm³/mol. The van der Waals surface area contributed by atoms with Gasteiger partial charge in [0.15, 0.2) is 5.82 Å². The van der Waals surface area contributed by atoms with E-state index in [2.05, 4.69) is 17.1 Å². The van der Waals surface area contributed by atoms with Crippen LogP contribution in [0.5, 0.6) is 0 Å². The third-order valence-corrected chi connectivity index (χ3v) is 3.28. The molecule has 2 rings (SSSR count). The van der Waals surface area contributed by atoms with Crippen molar-refractivity contribution in [3.05, 3.63) is 47.4 Å². The zero-order chi connectivity index (χ0) is 13.8. The topological polar surface area (TPSA) is 64.9 Å². The lowest BCUT2D eigenvalue weighted by atomic mass is 10.0. The largest absolute Gasteiger partial charge is 0.338 e. The molecule has 1 aromatic heterocycles. The molecule has 1 aromatic carbocycles. The van der Waals surface area contributed by atoms with E-state index in [-0.39, 0.29) is 17.8 Å². The Morgan fingerprint density at radius 3 is 2.89 bits per heavy atom. The highest BCUT2D eigenvalue weighted by Crippen LogP contribution is 2.20. The molecule has 19 heavy (non-hydrogen) atoms. The lowest BCUT2D eigenvalue weighted by molar-refractivity contribution is 0.310. The van der Waals surface area contributed by atoms with Gasteiger partial charge >= 0.3 is 0 Å². The van der Waals surface area contributed by atoms with Crippen molar-refractivity contribution < 1.29 is 8.91 Å². The minimum atomic E-state index is -0.266. The molecule has 0 radical (unpaired) electrons. The fraction of sp³-hybridized carbons (Fsp3) is 0.429. The summed E-state index contributed by atoms with van der Waals surface area (Å²) in [5.74, 6) is 0.986. The molecule has 0 aliphatic rings. The van der Waals surface area contributed by atoms with Crippen molar-refractivity contribution in [3.8, 4) is 0 Å². The second-order valence-corrected chi connectivity index (χ2v) is 4.77. The van der Waals surface area contributed by atoms with Crippen molar-refractivity contribution in [2.45, 2.75) is 32.7 Å². The Balaban J connectivity index is 2.09. The number of hydrogen-bond acceptors (Lipinski definition) is 4. The Hall–Kier alpha value is -1.75. The maximum atomic E-state index is 13.1. The third-order valence-electron chi connectivity index (χ3n) is 3.28. The van der Waals surface area contributed by atoms with Crippen LogP contribution in [0.15, 0.2) is 28.8 Å². The molecule has 0 aliphatic heterocycles. The van der Waals surface area contributed by atoms with Gasteiger partial charge in [-0.2, -0.15) is 4.98 Å². The Labute approximate surface area is 111 Å². The number of nitrogens with zero attached hydrogens (tertiary/aromatic N) is 2. The lowest BCUT2D eigenvalue weighted by Crippen LogP contribution is -2.18. The lowest BCUT2D eigenvalue weighted by Gasteiger charge is -2.12. The van der Waals surface area contributed by atoms with Gasteiger partial charge in [-0.15, -0.1) is 0 Å². The average Bonchev–Trinajstić information content (AvgIpc) is 2.85. The van der Waals surface area contributed by atoms with E-state index in [1.807, 2.05) is 13.0 Å². The Morgan fingerprint density at radius 1 is 1.42 bits per heavy atom. The molecule has 5 heteroatoms. The highest BCUT2D eigenvalue weighted by molar-refractivity contribution is 5.19. The fourth-order valence-corrected chi connectivity index (χ4v) is 1.80. The Bertz CT molecular complexity index is 541. The summed E-state index contributed by atoms with van der Waals surface area (Å²) in [5.41, 5.74) is 6.83. The minimum absolute atomic E-state index is 0.251. The van der Waals surface area contributed by atoms with Crippen LogP contribution in [-0.2, 0) is 6.42 Å². The average molecular weight is 263 g/mol. The molecule has 0 aliphatic carbocycles. The molecule has 2 atom stereocenters. The Morgan fingerprint density at radius 2 is 2.21 bits per heavy atom. The second kappa shape index (κ2) is 5.93. The summed E-state index contributed by atoms with van der Waals surface area (Å²) in [5, 5.41) is 3.89. The molecule has 0 saturated heterocycles. The number of nitrogens with two attached hydrogens (primary N) is 1. The van der Waals surface area contributed by atoms with Gasteiger partial charge in [0.25, 0.3) is 0 Å². The third kappa shape index (κ3) is 3.38. The molecule has 0 unspecified atom stereocenters. The Kier molecular flexibility index (Phi) is 4.27. The van der Waals surface area contributed by atoms with Gasteiger partial charge in [-0.3, -0.25) is 0 Å². The second-order valence-electron chi connectivity index (χ2n) is 4.77. The first-order chi connectivity index (χ1) is 9.10. The van der Waals surface area contributed by atoms with Crippen molar-refractivity contribution in [2.75, 3.05) is 0 Å². The van der Waals surface area contributed by atoms with Crippen LogP contribution in [0.3, 0.4) is 0 Å². The molecule has 0 fully saturated rings. The van der Waals surface area contributed by atoms with Gasteiger partial charge in [0.05, 0.1) is 6.04 Å². The molecule has 2 aromatic rings. The predicted octanol–water partition coefficient (Wildman–Crippen LogP) is 2.85. The minimum Gasteiger partial charge on any atom is -0.338 e. The smallest absolute Gasteiger partial charge is 0.243 e. The van der Waals surface area contributed by atoms with Gasteiger partial charge in [-0.05, 0) is 23.6 Å². The molecule has 1 heterocycles. The molecule has 102 valence electrons. The van der Waals surface area contributed by atoms with Gasteiger partial charge in [0.1, 0.15) is 5.82 Å². The normalized spacial score (nSPS) is 14.3. The molecule has 0 spiro atoms. The van der Waals surface area contributed by atoms with Crippen LogP contribution in [-0.4, -0.2) is 10.1 Å². The maximum absolute atomic E-state index is 13.1. The summed E-state index contributed by atoms with van der Waals surface area (Å²) in [7, 11) is 0. The molecule has 0 bridgehead atoms. The number of aromatic nitrogens is 2. The number of benzene rings is 1. The molecule has 2 N–H and O–H groups in total. The monoisotopic (exact) mass is 263 g/mol. The first-order valence-electron chi connectivity index (χ1n) is 6.42. The van der Waals surface area contributed by atoms with E-state index in [0.717, 1.165) is 12.0 Å². The van der Waals surface area contributed by atoms with E-state index in [0.29, 0.717) is 18.1 Å². The van der Waals surface area contributed by atoms with E-state index in [1.54, 1.807) is 6.07 Å². The van der Waals surface area contributed by atoms with Crippen LogP contribution < -0.4 is 5.73 Å². The van der Waals surface area contributed by atoms with Gasteiger partial charge in [0.2, 0.25) is 5.89 Å². The summed E-state index contributed by atoms with van der Waals surface area (Å²) in [6.07, 6.45) is 1.39. The number of halogens is 1. The number of hydrogen-bond donors (Lipinski definition) is 1. The molecule has 0 saturated carbocycles. The molecular weight excluding hydrogens is 245 g/mol. The van der Waals surface area contributed by atoms with Crippen LogP contribution in [0.1, 0.15) is 43.6 Å². The van der Waals surface area contributed by atoms with Crippen LogP contribution in [0.4, 0.5) is 4.39 Å². The highest BCUT2D eigenvalue weighted by atomic mass is 19.1. The summed E-state index contributed by atoms with van der Waals surface area (Å²) in [4.78, 5) is 4.28. The highest BCUT2D eigenvalue weighted by Gasteiger charge is 2.20. The van der Waals surface area contributed by atoms with Crippen LogP contribution in [0, 0.1) is 11.7 Å². The van der Waals surface area contributed by atoms with E-state index in [1.165, 1.54) is 12.1 Å². The van der Waals surface area contributed by atoms with Crippen LogP contribution in [0.2, 0.25) is 0 Å². The van der Waals surface area contributed by atoms with E-state index < -0.39 is 0 Å². The van der Waals surface area contributed by atoms with Crippen molar-refractivity contribution in [3.63, 3.8) is 0 Å². The van der Waals surface area contributed by atoms with Gasteiger partial charge in [0, 0.05) is 6.42 Å². The fourth-order valence-electron chi connectivity index (χ4n) is 1.80. The summed E-state index contributed by atoms with van der Waals surface area (Å²) < 4.78 is 18.2. The summed E-state index contributed by atoms with van der Waals surface area (Å²) >= 11 is 0. The van der Waals surface area contributed by atoms with Crippen molar-refractivity contribution in [2.24, 2.45) is 11.7 Å². The van der Waals surface area contributed by atoms with Crippen molar-refractivity contribution in [1.29, 1.82) is 0 Å². The van der Waals surface area contributed by atoms with Gasteiger partial charge in [-0.25, -0.2) is 4.39 Å².